The number of aryl methyl sites for hydroxylation is 1. The smallest absolute Gasteiger partial charge is 0.165 e. The average Bonchev–Trinajstić information content (AvgIpc) is 2.84. The van der Waals surface area contributed by atoms with Crippen molar-refractivity contribution in [3.05, 3.63) is 53.2 Å². The average molecular weight is 291 g/mol. The number of hydrogen-bond acceptors (Lipinski definition) is 3. The Morgan fingerprint density at radius 3 is 2.71 bits per heavy atom. The summed E-state index contributed by atoms with van der Waals surface area (Å²) in [4.78, 5) is 0. The SMILES string of the molecule is Cc1ccc(F)c(OCc2ccoc2CNC(C)(C)C)c1. The van der Waals surface area contributed by atoms with Crippen LogP contribution < -0.4 is 10.1 Å². The molecule has 114 valence electrons. The molecule has 1 aromatic carbocycles. The maximum absolute atomic E-state index is 13.6. The minimum absolute atomic E-state index is 0.00751. The number of furan rings is 1. The Morgan fingerprint density at radius 2 is 2.00 bits per heavy atom. The standard InChI is InChI=1S/C17H22FNO2/c1-12-5-6-14(18)15(9-12)21-11-13-7-8-20-16(13)10-19-17(2,3)4/h5-9,19H,10-11H2,1-4H3. The van der Waals surface area contributed by atoms with Gasteiger partial charge in [-0.05, 0) is 51.5 Å². The summed E-state index contributed by atoms with van der Waals surface area (Å²) in [6.07, 6.45) is 1.63. The van der Waals surface area contributed by atoms with Crippen LogP contribution in [0, 0.1) is 12.7 Å². The van der Waals surface area contributed by atoms with Crippen molar-refractivity contribution in [1.29, 1.82) is 0 Å². The van der Waals surface area contributed by atoms with Crippen LogP contribution in [0.3, 0.4) is 0 Å². The number of hydrogen-bond donors (Lipinski definition) is 1. The molecule has 0 bridgehead atoms. The molecule has 0 spiro atoms. The highest BCUT2D eigenvalue weighted by Crippen LogP contribution is 2.21. The highest BCUT2D eigenvalue weighted by Gasteiger charge is 2.13. The van der Waals surface area contributed by atoms with Gasteiger partial charge in [-0.25, -0.2) is 4.39 Å². The molecule has 0 aliphatic heterocycles. The lowest BCUT2D eigenvalue weighted by Crippen LogP contribution is -2.35. The van der Waals surface area contributed by atoms with Crippen LogP contribution in [-0.4, -0.2) is 5.54 Å². The molecule has 21 heavy (non-hydrogen) atoms. The maximum atomic E-state index is 13.6. The first kappa shape index (κ1) is 15.6. The highest BCUT2D eigenvalue weighted by molar-refractivity contribution is 5.30. The second-order valence-corrected chi connectivity index (χ2v) is 6.20. The highest BCUT2D eigenvalue weighted by atomic mass is 19.1. The number of ether oxygens (including phenoxy) is 1. The molecule has 0 radical (unpaired) electrons. The molecule has 0 atom stereocenters. The van der Waals surface area contributed by atoms with E-state index in [0.717, 1.165) is 16.9 Å². The van der Waals surface area contributed by atoms with Gasteiger partial charge in [-0.15, -0.1) is 0 Å². The zero-order chi connectivity index (χ0) is 15.5. The number of rotatable bonds is 5. The van der Waals surface area contributed by atoms with Crippen molar-refractivity contribution >= 4 is 0 Å². The summed E-state index contributed by atoms with van der Waals surface area (Å²) >= 11 is 0. The fourth-order valence-electron chi connectivity index (χ4n) is 1.87. The molecule has 2 aromatic rings. The molecule has 1 N–H and O–H groups in total. The monoisotopic (exact) mass is 291 g/mol. The maximum Gasteiger partial charge on any atom is 0.165 e. The van der Waals surface area contributed by atoms with E-state index in [-0.39, 0.29) is 23.7 Å². The van der Waals surface area contributed by atoms with Gasteiger partial charge in [-0.3, -0.25) is 0 Å². The first-order valence-corrected chi connectivity index (χ1v) is 7.04. The van der Waals surface area contributed by atoms with Crippen molar-refractivity contribution in [3.63, 3.8) is 0 Å². The molecule has 1 aromatic heterocycles. The van der Waals surface area contributed by atoms with E-state index in [1.54, 1.807) is 18.4 Å². The van der Waals surface area contributed by atoms with E-state index in [4.69, 9.17) is 9.15 Å². The van der Waals surface area contributed by atoms with Gasteiger partial charge in [0.05, 0.1) is 12.8 Å². The third-order valence-electron chi connectivity index (χ3n) is 3.09. The Labute approximate surface area is 125 Å². The second-order valence-electron chi connectivity index (χ2n) is 6.20. The Kier molecular flexibility index (Phi) is 4.68. The molecule has 1 heterocycles. The van der Waals surface area contributed by atoms with Gasteiger partial charge in [-0.1, -0.05) is 6.07 Å². The van der Waals surface area contributed by atoms with Crippen molar-refractivity contribution < 1.29 is 13.5 Å². The van der Waals surface area contributed by atoms with Crippen LogP contribution in [0.15, 0.2) is 34.9 Å². The summed E-state index contributed by atoms with van der Waals surface area (Å²) in [6.45, 7) is 9.09. The zero-order valence-corrected chi connectivity index (χ0v) is 13.0. The van der Waals surface area contributed by atoms with Crippen molar-refractivity contribution in [2.24, 2.45) is 0 Å². The van der Waals surface area contributed by atoms with Crippen LogP contribution in [0.5, 0.6) is 5.75 Å². The Bertz CT molecular complexity index is 599. The molecular weight excluding hydrogens is 269 g/mol. The Hall–Kier alpha value is -1.81. The second kappa shape index (κ2) is 6.31. The van der Waals surface area contributed by atoms with E-state index in [9.17, 15) is 4.39 Å². The largest absolute Gasteiger partial charge is 0.486 e. The number of halogens is 1. The third kappa shape index (κ3) is 4.60. The summed E-state index contributed by atoms with van der Waals surface area (Å²) < 4.78 is 24.7. The molecule has 4 heteroatoms. The molecular formula is C17H22FNO2. The first-order valence-electron chi connectivity index (χ1n) is 7.04. The predicted molar refractivity (Wildman–Crippen MR) is 80.8 cm³/mol. The molecule has 2 rings (SSSR count). The van der Waals surface area contributed by atoms with E-state index in [1.807, 2.05) is 13.0 Å². The summed E-state index contributed by atoms with van der Waals surface area (Å²) in [5, 5.41) is 3.36. The number of nitrogens with one attached hydrogen (secondary N) is 1. The third-order valence-corrected chi connectivity index (χ3v) is 3.09. The van der Waals surface area contributed by atoms with E-state index in [0.29, 0.717) is 6.54 Å². The first-order chi connectivity index (χ1) is 9.85. The predicted octanol–water partition coefficient (Wildman–Crippen LogP) is 4.19. The van der Waals surface area contributed by atoms with Gasteiger partial charge in [0.15, 0.2) is 11.6 Å². The summed E-state index contributed by atoms with van der Waals surface area (Å²) in [7, 11) is 0. The van der Waals surface area contributed by atoms with Gasteiger partial charge < -0.3 is 14.5 Å². The minimum atomic E-state index is -0.349. The lowest BCUT2D eigenvalue weighted by atomic mass is 10.1. The Balaban J connectivity index is 2.01. The summed E-state index contributed by atoms with van der Waals surface area (Å²) in [5.41, 5.74) is 1.90. The normalized spacial score (nSPS) is 11.7. The lowest BCUT2D eigenvalue weighted by molar-refractivity contribution is 0.284. The molecule has 0 unspecified atom stereocenters. The Morgan fingerprint density at radius 1 is 1.24 bits per heavy atom. The van der Waals surface area contributed by atoms with Crippen LogP contribution in [0.25, 0.3) is 0 Å². The molecule has 0 saturated heterocycles. The molecule has 0 saturated carbocycles. The topological polar surface area (TPSA) is 34.4 Å². The molecule has 0 amide bonds. The van der Waals surface area contributed by atoms with E-state index in [2.05, 4.69) is 26.1 Å². The van der Waals surface area contributed by atoms with Gasteiger partial charge in [0.2, 0.25) is 0 Å². The van der Waals surface area contributed by atoms with Crippen LogP contribution in [0.4, 0.5) is 4.39 Å². The molecule has 0 fully saturated rings. The van der Waals surface area contributed by atoms with Gasteiger partial charge >= 0.3 is 0 Å². The van der Waals surface area contributed by atoms with Crippen LogP contribution in [-0.2, 0) is 13.2 Å². The van der Waals surface area contributed by atoms with E-state index in [1.165, 1.54) is 6.07 Å². The van der Waals surface area contributed by atoms with Crippen molar-refractivity contribution in [1.82, 2.24) is 5.32 Å². The fourth-order valence-corrected chi connectivity index (χ4v) is 1.87. The van der Waals surface area contributed by atoms with Crippen LogP contribution in [0.1, 0.15) is 37.7 Å². The van der Waals surface area contributed by atoms with Crippen LogP contribution >= 0.6 is 0 Å². The zero-order valence-electron chi connectivity index (χ0n) is 13.0. The van der Waals surface area contributed by atoms with Crippen molar-refractivity contribution in [2.75, 3.05) is 0 Å². The molecule has 3 nitrogen and oxygen atoms in total. The summed E-state index contributed by atoms with van der Waals surface area (Å²) in [6, 6.07) is 6.69. The van der Waals surface area contributed by atoms with E-state index >= 15 is 0 Å². The quantitative estimate of drug-likeness (QED) is 0.896. The summed E-state index contributed by atoms with van der Waals surface area (Å²) in [5.74, 6) is 0.738. The van der Waals surface area contributed by atoms with Gasteiger partial charge in [0.25, 0.3) is 0 Å². The molecule has 0 aliphatic rings. The lowest BCUT2D eigenvalue weighted by Gasteiger charge is -2.20. The molecule has 0 aliphatic carbocycles. The minimum Gasteiger partial charge on any atom is -0.486 e. The van der Waals surface area contributed by atoms with Crippen LogP contribution in [0.2, 0.25) is 0 Å². The van der Waals surface area contributed by atoms with Crippen molar-refractivity contribution in [3.8, 4) is 5.75 Å². The van der Waals surface area contributed by atoms with Crippen molar-refractivity contribution in [2.45, 2.75) is 46.4 Å². The van der Waals surface area contributed by atoms with Gasteiger partial charge in [0.1, 0.15) is 12.4 Å². The van der Waals surface area contributed by atoms with Gasteiger partial charge in [0, 0.05) is 11.1 Å². The van der Waals surface area contributed by atoms with Gasteiger partial charge in [-0.2, -0.15) is 0 Å². The van der Waals surface area contributed by atoms with E-state index < -0.39 is 0 Å². The number of benzene rings is 1. The fraction of sp³-hybridized carbons (Fsp3) is 0.412.